The maximum atomic E-state index is 12.2. The second-order valence-corrected chi connectivity index (χ2v) is 5.80. The van der Waals surface area contributed by atoms with Crippen molar-refractivity contribution < 1.29 is 14.3 Å². The molecular formula is C19H23N3O3. The Bertz CT molecular complexity index is 725. The number of anilines is 2. The van der Waals surface area contributed by atoms with Gasteiger partial charge in [-0.15, -0.1) is 0 Å². The van der Waals surface area contributed by atoms with Crippen molar-refractivity contribution in [3.63, 3.8) is 0 Å². The maximum Gasteiger partial charge on any atom is 0.339 e. The van der Waals surface area contributed by atoms with Gasteiger partial charge in [-0.05, 0) is 57.2 Å². The highest BCUT2D eigenvalue weighted by Crippen LogP contribution is 2.20. The second kappa shape index (κ2) is 8.28. The zero-order valence-corrected chi connectivity index (χ0v) is 14.9. The van der Waals surface area contributed by atoms with Gasteiger partial charge in [-0.1, -0.05) is 0 Å². The Morgan fingerprint density at radius 2 is 1.84 bits per heavy atom. The van der Waals surface area contributed by atoms with Crippen LogP contribution in [-0.2, 0) is 4.74 Å². The highest BCUT2D eigenvalue weighted by atomic mass is 16.5. The Balaban J connectivity index is 2.06. The number of hydrogen-bond acceptors (Lipinski definition) is 5. The average molecular weight is 341 g/mol. The van der Waals surface area contributed by atoms with Crippen molar-refractivity contribution in [2.24, 2.45) is 0 Å². The summed E-state index contributed by atoms with van der Waals surface area (Å²) in [6.07, 6.45) is 1.33. The van der Waals surface area contributed by atoms with Crippen LogP contribution in [0.4, 0.5) is 11.4 Å². The molecule has 0 aliphatic carbocycles. The van der Waals surface area contributed by atoms with E-state index in [-0.39, 0.29) is 11.6 Å². The minimum Gasteiger partial charge on any atom is -0.465 e. The number of carbonyl (C=O) groups is 2. The molecule has 0 aliphatic heterocycles. The number of amides is 1. The number of pyridine rings is 1. The summed E-state index contributed by atoms with van der Waals surface area (Å²) in [5.41, 5.74) is 2.33. The van der Waals surface area contributed by atoms with Gasteiger partial charge in [0.2, 0.25) is 0 Å². The quantitative estimate of drug-likeness (QED) is 0.816. The monoisotopic (exact) mass is 341 g/mol. The Morgan fingerprint density at radius 1 is 1.16 bits per heavy atom. The van der Waals surface area contributed by atoms with Gasteiger partial charge >= 0.3 is 5.97 Å². The third-order valence-corrected chi connectivity index (χ3v) is 3.84. The van der Waals surface area contributed by atoms with E-state index in [1.54, 1.807) is 0 Å². The SMILES string of the molecule is CCN(c1ccc(NC(=O)c2ccc(C(=O)OC)cn2)cc1)C(C)C. The van der Waals surface area contributed by atoms with E-state index in [0.29, 0.717) is 17.3 Å². The van der Waals surface area contributed by atoms with E-state index in [1.807, 2.05) is 24.3 Å². The van der Waals surface area contributed by atoms with Crippen molar-refractivity contribution in [2.75, 3.05) is 23.9 Å². The zero-order chi connectivity index (χ0) is 18.4. The van der Waals surface area contributed by atoms with Crippen LogP contribution >= 0.6 is 0 Å². The molecule has 6 heteroatoms. The van der Waals surface area contributed by atoms with Gasteiger partial charge in [-0.25, -0.2) is 4.79 Å². The first-order valence-electron chi connectivity index (χ1n) is 8.18. The average Bonchev–Trinajstić information content (AvgIpc) is 2.63. The molecule has 1 aromatic carbocycles. The van der Waals surface area contributed by atoms with Crippen molar-refractivity contribution >= 4 is 23.3 Å². The van der Waals surface area contributed by atoms with Crippen molar-refractivity contribution in [1.82, 2.24) is 4.98 Å². The van der Waals surface area contributed by atoms with Crippen LogP contribution < -0.4 is 10.2 Å². The number of nitrogens with zero attached hydrogens (tertiary/aromatic N) is 2. The molecule has 1 amide bonds. The van der Waals surface area contributed by atoms with Crippen LogP contribution in [0, 0.1) is 0 Å². The molecule has 0 radical (unpaired) electrons. The van der Waals surface area contributed by atoms with Gasteiger partial charge in [0.05, 0.1) is 12.7 Å². The minimum absolute atomic E-state index is 0.231. The van der Waals surface area contributed by atoms with Crippen LogP contribution in [0.3, 0.4) is 0 Å². The van der Waals surface area contributed by atoms with Gasteiger partial charge in [-0.2, -0.15) is 0 Å². The normalized spacial score (nSPS) is 10.4. The second-order valence-electron chi connectivity index (χ2n) is 5.80. The maximum absolute atomic E-state index is 12.2. The number of esters is 1. The predicted octanol–water partition coefficient (Wildman–Crippen LogP) is 3.36. The Labute approximate surface area is 147 Å². The lowest BCUT2D eigenvalue weighted by Crippen LogP contribution is -2.30. The third-order valence-electron chi connectivity index (χ3n) is 3.84. The fraction of sp³-hybridized carbons (Fsp3) is 0.316. The standard InChI is InChI=1S/C19H23N3O3/c1-5-22(13(2)3)16-9-7-15(8-10-16)21-18(23)17-11-6-14(12-20-17)19(24)25-4/h6-13H,5H2,1-4H3,(H,21,23). The van der Waals surface area contributed by atoms with Crippen molar-refractivity contribution in [2.45, 2.75) is 26.8 Å². The van der Waals surface area contributed by atoms with Gasteiger partial charge in [0, 0.05) is 30.2 Å². The van der Waals surface area contributed by atoms with E-state index in [4.69, 9.17) is 0 Å². The molecule has 6 nitrogen and oxygen atoms in total. The molecule has 0 unspecified atom stereocenters. The number of hydrogen-bond donors (Lipinski definition) is 1. The summed E-state index contributed by atoms with van der Waals surface area (Å²) >= 11 is 0. The third kappa shape index (κ3) is 4.56. The largest absolute Gasteiger partial charge is 0.465 e. The highest BCUT2D eigenvalue weighted by Gasteiger charge is 2.12. The highest BCUT2D eigenvalue weighted by molar-refractivity contribution is 6.03. The number of methoxy groups -OCH3 is 1. The number of carbonyl (C=O) groups excluding carboxylic acids is 2. The smallest absolute Gasteiger partial charge is 0.339 e. The van der Waals surface area contributed by atoms with E-state index in [0.717, 1.165) is 12.2 Å². The van der Waals surface area contributed by atoms with Crippen LogP contribution in [0.25, 0.3) is 0 Å². The van der Waals surface area contributed by atoms with Gasteiger partial charge in [0.1, 0.15) is 5.69 Å². The fourth-order valence-corrected chi connectivity index (χ4v) is 2.54. The Kier molecular flexibility index (Phi) is 6.11. The molecule has 1 aromatic heterocycles. The molecule has 0 bridgehead atoms. The van der Waals surface area contributed by atoms with Crippen molar-refractivity contribution in [1.29, 1.82) is 0 Å². The molecule has 25 heavy (non-hydrogen) atoms. The molecule has 0 fully saturated rings. The predicted molar refractivity (Wildman–Crippen MR) is 98.1 cm³/mol. The topological polar surface area (TPSA) is 71.5 Å². The molecule has 2 rings (SSSR count). The van der Waals surface area contributed by atoms with Gasteiger partial charge in [0.15, 0.2) is 0 Å². The van der Waals surface area contributed by atoms with Gasteiger partial charge in [0.25, 0.3) is 5.91 Å². The zero-order valence-electron chi connectivity index (χ0n) is 14.9. The summed E-state index contributed by atoms with van der Waals surface area (Å²) in [6, 6.07) is 11.1. The number of rotatable bonds is 6. The fourth-order valence-electron chi connectivity index (χ4n) is 2.54. The number of aromatic nitrogens is 1. The molecule has 2 aromatic rings. The lowest BCUT2D eigenvalue weighted by Gasteiger charge is -2.27. The number of ether oxygens (including phenoxy) is 1. The molecule has 0 spiro atoms. The van der Waals surface area contributed by atoms with E-state index in [1.165, 1.54) is 25.4 Å². The van der Waals surface area contributed by atoms with Crippen LogP contribution in [0.5, 0.6) is 0 Å². The van der Waals surface area contributed by atoms with E-state index in [2.05, 4.69) is 40.7 Å². The van der Waals surface area contributed by atoms with Crippen LogP contribution in [0.2, 0.25) is 0 Å². The van der Waals surface area contributed by atoms with Gasteiger partial charge < -0.3 is 15.0 Å². The summed E-state index contributed by atoms with van der Waals surface area (Å²) in [6.45, 7) is 7.31. The van der Waals surface area contributed by atoms with E-state index < -0.39 is 5.97 Å². The van der Waals surface area contributed by atoms with E-state index in [9.17, 15) is 9.59 Å². The number of nitrogens with one attached hydrogen (secondary N) is 1. The molecule has 0 aliphatic rings. The lowest BCUT2D eigenvalue weighted by molar-refractivity contribution is 0.0600. The molecule has 1 N–H and O–H groups in total. The molecule has 0 saturated carbocycles. The lowest BCUT2D eigenvalue weighted by atomic mass is 10.2. The van der Waals surface area contributed by atoms with Crippen LogP contribution in [0.1, 0.15) is 41.6 Å². The van der Waals surface area contributed by atoms with E-state index >= 15 is 0 Å². The molecule has 1 heterocycles. The summed E-state index contributed by atoms with van der Waals surface area (Å²) in [5.74, 6) is -0.818. The summed E-state index contributed by atoms with van der Waals surface area (Å²) in [4.78, 5) is 29.9. The molecule has 0 saturated heterocycles. The summed E-state index contributed by atoms with van der Waals surface area (Å²) in [5, 5.41) is 2.80. The summed E-state index contributed by atoms with van der Waals surface area (Å²) < 4.78 is 4.61. The first kappa shape index (κ1) is 18.4. The van der Waals surface area contributed by atoms with Crippen molar-refractivity contribution in [3.05, 3.63) is 53.9 Å². The molecule has 0 atom stereocenters. The van der Waals surface area contributed by atoms with Crippen LogP contribution in [0.15, 0.2) is 42.6 Å². The Morgan fingerprint density at radius 3 is 2.32 bits per heavy atom. The summed E-state index contributed by atoms with van der Waals surface area (Å²) in [7, 11) is 1.30. The van der Waals surface area contributed by atoms with Crippen molar-refractivity contribution in [3.8, 4) is 0 Å². The molecule has 132 valence electrons. The van der Waals surface area contributed by atoms with Gasteiger partial charge in [-0.3, -0.25) is 9.78 Å². The minimum atomic E-state index is -0.485. The molecular weight excluding hydrogens is 318 g/mol. The number of benzene rings is 1. The first-order chi connectivity index (χ1) is 12.0. The van der Waals surface area contributed by atoms with Crippen LogP contribution in [-0.4, -0.2) is 36.6 Å². The first-order valence-corrected chi connectivity index (χ1v) is 8.18. The Hall–Kier alpha value is -2.89.